The Labute approximate surface area is 307 Å². The Balaban J connectivity index is 0.985. The molecule has 2 aliphatic rings. The van der Waals surface area contributed by atoms with Gasteiger partial charge < -0.3 is 0 Å². The Morgan fingerprint density at radius 3 is 1.23 bits per heavy atom. The Morgan fingerprint density at radius 1 is 0.340 bits per heavy atom. The van der Waals surface area contributed by atoms with Crippen LogP contribution >= 0.6 is 0 Å². The van der Waals surface area contributed by atoms with Crippen molar-refractivity contribution < 1.29 is 13.2 Å². The van der Waals surface area contributed by atoms with Crippen LogP contribution in [0.1, 0.15) is 43.0 Å². The second-order valence-electron chi connectivity index (χ2n) is 15.4. The average Bonchev–Trinajstić information content (AvgIpc) is 3.58. The highest BCUT2D eigenvalue weighted by Crippen LogP contribution is 2.57. The molecule has 1 unspecified atom stereocenters. The predicted molar refractivity (Wildman–Crippen MR) is 213 cm³/mol. The third kappa shape index (κ3) is 4.63. The molecule has 53 heavy (non-hydrogen) atoms. The summed E-state index contributed by atoms with van der Waals surface area (Å²) in [6.45, 7) is 5.82. The molecule has 2 aliphatic carbocycles. The van der Waals surface area contributed by atoms with E-state index in [-0.39, 0.29) is 5.41 Å². The van der Waals surface area contributed by atoms with Crippen molar-refractivity contribution in [1.82, 2.24) is 0 Å². The maximum Gasteiger partial charge on any atom is 0.402 e. The Bertz CT molecular complexity index is 2820. The van der Waals surface area contributed by atoms with E-state index in [0.717, 1.165) is 22.3 Å². The Kier molecular flexibility index (Phi) is 6.62. The van der Waals surface area contributed by atoms with Gasteiger partial charge >= 0.3 is 6.18 Å². The van der Waals surface area contributed by atoms with E-state index in [4.69, 9.17) is 0 Å². The highest BCUT2D eigenvalue weighted by atomic mass is 19.4. The minimum atomic E-state index is -4.43. The number of halogens is 3. The summed E-state index contributed by atoms with van der Waals surface area (Å²) < 4.78 is 44.5. The number of fused-ring (bicyclic) bond motifs is 8. The molecule has 0 saturated heterocycles. The molecule has 1 atom stereocenters. The summed E-state index contributed by atoms with van der Waals surface area (Å²) in [5, 5.41) is 4.87. The zero-order chi connectivity index (χ0) is 36.3. The highest BCUT2D eigenvalue weighted by molar-refractivity contribution is 5.94. The monoisotopic (exact) mass is 692 g/mol. The zero-order valence-electron chi connectivity index (χ0n) is 29.6. The lowest BCUT2D eigenvalue weighted by molar-refractivity contribution is -0.172. The molecule has 0 saturated carbocycles. The van der Waals surface area contributed by atoms with Gasteiger partial charge in [0.05, 0.1) is 0 Å². The molecule has 0 bridgehead atoms. The lowest BCUT2D eigenvalue weighted by atomic mass is 9.78. The minimum absolute atomic E-state index is 0.296. The Hall–Kier alpha value is -5.93. The molecule has 0 fully saturated rings. The van der Waals surface area contributed by atoms with E-state index in [1.165, 1.54) is 61.8 Å². The summed E-state index contributed by atoms with van der Waals surface area (Å²) in [5.41, 5.74) is 10.9. The highest BCUT2D eigenvalue weighted by Gasteiger charge is 2.58. The average molecular weight is 693 g/mol. The van der Waals surface area contributed by atoms with Gasteiger partial charge in [-0.25, -0.2) is 0 Å². The predicted octanol–water partition coefficient (Wildman–Crippen LogP) is 14.1. The van der Waals surface area contributed by atoms with Gasteiger partial charge in [-0.15, -0.1) is 0 Å². The third-order valence-electron chi connectivity index (χ3n) is 12.1. The molecule has 8 aromatic rings. The van der Waals surface area contributed by atoms with Crippen molar-refractivity contribution in [1.29, 1.82) is 0 Å². The number of hydrogen-bond acceptors (Lipinski definition) is 0. The van der Waals surface area contributed by atoms with Gasteiger partial charge in [0.25, 0.3) is 0 Å². The van der Waals surface area contributed by atoms with Gasteiger partial charge in [0, 0.05) is 5.41 Å². The SMILES string of the molecule is CC1(C)c2cc(-c3ccc4c(c3)C(C)(C(F)(F)F)c3ccccc3-4)ccc2-c2ccc(-c3ccc4cc(-c5ccc6ccccc6c5)ccc4c3)cc21. The molecule has 0 heterocycles. The normalized spacial score (nSPS) is 16.7. The van der Waals surface area contributed by atoms with Crippen LogP contribution in [0.5, 0.6) is 0 Å². The second kappa shape index (κ2) is 11.0. The summed E-state index contributed by atoms with van der Waals surface area (Å²) in [4.78, 5) is 0. The van der Waals surface area contributed by atoms with Crippen molar-refractivity contribution in [3.8, 4) is 55.6 Å². The van der Waals surface area contributed by atoms with Crippen molar-refractivity contribution >= 4 is 21.5 Å². The molecule has 10 rings (SSSR count). The van der Waals surface area contributed by atoms with Gasteiger partial charge in [-0.3, -0.25) is 0 Å². The molecule has 0 spiro atoms. The lowest BCUT2D eigenvalue weighted by Gasteiger charge is -2.30. The van der Waals surface area contributed by atoms with Crippen LogP contribution in [0.4, 0.5) is 13.2 Å². The molecular formula is C50H35F3. The zero-order valence-corrected chi connectivity index (χ0v) is 29.6. The fourth-order valence-corrected chi connectivity index (χ4v) is 9.05. The smallest absolute Gasteiger partial charge is 0.170 e. The summed E-state index contributed by atoms with van der Waals surface area (Å²) in [6, 6.07) is 54.2. The molecule has 0 nitrogen and oxygen atoms in total. The first kappa shape index (κ1) is 31.8. The second-order valence-corrected chi connectivity index (χ2v) is 15.4. The first-order chi connectivity index (χ1) is 25.5. The summed E-state index contributed by atoms with van der Waals surface area (Å²) in [6.07, 6.45) is -4.43. The van der Waals surface area contributed by atoms with Crippen LogP contribution in [0.15, 0.2) is 158 Å². The molecule has 0 amide bonds. The molecule has 0 N–H and O–H groups in total. The molecule has 0 aliphatic heterocycles. The maximum atomic E-state index is 14.8. The van der Waals surface area contributed by atoms with Gasteiger partial charge in [0.15, 0.2) is 0 Å². The van der Waals surface area contributed by atoms with E-state index in [2.05, 4.69) is 129 Å². The van der Waals surface area contributed by atoms with Crippen molar-refractivity contribution in [2.75, 3.05) is 0 Å². The van der Waals surface area contributed by atoms with E-state index < -0.39 is 11.6 Å². The van der Waals surface area contributed by atoms with E-state index in [1.807, 2.05) is 18.2 Å². The van der Waals surface area contributed by atoms with Crippen LogP contribution in [0.2, 0.25) is 0 Å². The fraction of sp³-hybridized carbons (Fsp3) is 0.120. The van der Waals surface area contributed by atoms with Crippen LogP contribution in [-0.2, 0) is 10.8 Å². The lowest BCUT2D eigenvalue weighted by Crippen LogP contribution is -2.38. The van der Waals surface area contributed by atoms with Crippen molar-refractivity contribution in [3.05, 3.63) is 180 Å². The van der Waals surface area contributed by atoms with Crippen LogP contribution in [-0.4, -0.2) is 6.18 Å². The Morgan fingerprint density at radius 2 is 0.698 bits per heavy atom. The summed E-state index contributed by atoms with van der Waals surface area (Å²) in [5.74, 6) is 0. The van der Waals surface area contributed by atoms with Gasteiger partial charge in [0.2, 0.25) is 0 Å². The number of alkyl halides is 3. The van der Waals surface area contributed by atoms with Gasteiger partial charge in [0.1, 0.15) is 5.41 Å². The van der Waals surface area contributed by atoms with E-state index >= 15 is 0 Å². The number of benzene rings is 8. The number of hydrogen-bond donors (Lipinski definition) is 0. The van der Waals surface area contributed by atoms with Gasteiger partial charge in [-0.2, -0.15) is 13.2 Å². The summed E-state index contributed by atoms with van der Waals surface area (Å²) >= 11 is 0. The van der Waals surface area contributed by atoms with Crippen LogP contribution in [0.25, 0.3) is 77.2 Å². The van der Waals surface area contributed by atoms with E-state index in [9.17, 15) is 13.2 Å². The standard InChI is InChI=1S/C50H35F3/c1-48(2)45-27-37(36-17-16-34-25-33(14-15-35(34)26-36)32-13-12-30-8-4-5-9-31(30)24-32)18-21-41(45)42-22-19-38(28-46(42)48)39-20-23-43-40-10-6-7-11-44(40)49(3,47(43)29-39)50(51,52)53/h4-29H,1-3H3. The van der Waals surface area contributed by atoms with Crippen LogP contribution in [0, 0.1) is 0 Å². The minimum Gasteiger partial charge on any atom is -0.170 e. The number of rotatable bonds is 3. The molecule has 3 heteroatoms. The van der Waals surface area contributed by atoms with E-state index in [1.54, 1.807) is 24.3 Å². The summed E-state index contributed by atoms with van der Waals surface area (Å²) in [7, 11) is 0. The van der Waals surface area contributed by atoms with Crippen LogP contribution in [0.3, 0.4) is 0 Å². The largest absolute Gasteiger partial charge is 0.402 e. The van der Waals surface area contributed by atoms with Crippen molar-refractivity contribution in [2.24, 2.45) is 0 Å². The van der Waals surface area contributed by atoms with Gasteiger partial charge in [-0.1, -0.05) is 135 Å². The molecule has 8 aromatic carbocycles. The fourth-order valence-electron chi connectivity index (χ4n) is 9.05. The van der Waals surface area contributed by atoms with Crippen LogP contribution < -0.4 is 0 Å². The first-order valence-electron chi connectivity index (χ1n) is 18.1. The van der Waals surface area contributed by atoms with E-state index in [0.29, 0.717) is 22.3 Å². The molecular weight excluding hydrogens is 658 g/mol. The van der Waals surface area contributed by atoms with Crippen molar-refractivity contribution in [2.45, 2.75) is 37.8 Å². The molecule has 0 radical (unpaired) electrons. The quantitative estimate of drug-likeness (QED) is 0.173. The third-order valence-corrected chi connectivity index (χ3v) is 12.1. The van der Waals surface area contributed by atoms with Crippen molar-refractivity contribution in [3.63, 3.8) is 0 Å². The topological polar surface area (TPSA) is 0 Å². The van der Waals surface area contributed by atoms with Gasteiger partial charge in [-0.05, 0) is 143 Å². The molecule has 256 valence electrons. The molecule has 0 aromatic heterocycles. The first-order valence-corrected chi connectivity index (χ1v) is 18.1. The maximum absolute atomic E-state index is 14.8.